The fourth-order valence-electron chi connectivity index (χ4n) is 4.69. The van der Waals surface area contributed by atoms with Crippen LogP contribution < -0.4 is 27.0 Å². The summed E-state index contributed by atoms with van der Waals surface area (Å²) >= 11 is 0. The normalized spacial score (nSPS) is 39.9. The Morgan fingerprint density at radius 3 is 1.61 bits per heavy atom. The van der Waals surface area contributed by atoms with Crippen molar-refractivity contribution in [3.63, 3.8) is 0 Å². The summed E-state index contributed by atoms with van der Waals surface area (Å²) in [6.07, 6.45) is -18.7. The number of hydrogen-bond acceptors (Lipinski definition) is 15. The number of alkyl carbamates (subject to hydrolysis) is 2. The number of carbonyl (C=O) groups is 5. The number of aliphatic hydroxyl groups is 6. The number of ether oxygens (including phenoxy) is 4. The van der Waals surface area contributed by atoms with Crippen molar-refractivity contribution in [1.82, 2.24) is 21.3 Å². The summed E-state index contributed by atoms with van der Waals surface area (Å²) in [6.45, 7) is -0.917. The van der Waals surface area contributed by atoms with E-state index in [-0.39, 0.29) is 12.8 Å². The van der Waals surface area contributed by atoms with E-state index in [1.807, 2.05) is 0 Å². The minimum absolute atomic E-state index is 0.287. The highest BCUT2D eigenvalue weighted by atomic mass is 16.6. The van der Waals surface area contributed by atoms with Crippen LogP contribution in [-0.2, 0) is 33.3 Å². The molecule has 12 atom stereocenters. The van der Waals surface area contributed by atoms with Crippen LogP contribution in [0.15, 0.2) is 0 Å². The van der Waals surface area contributed by atoms with Crippen molar-refractivity contribution in [2.75, 3.05) is 26.3 Å². The third-order valence-corrected chi connectivity index (χ3v) is 7.35. The second-order valence-corrected chi connectivity index (χ2v) is 10.6. The first-order valence-electron chi connectivity index (χ1n) is 13.8. The van der Waals surface area contributed by atoms with Gasteiger partial charge in [0.2, 0.25) is 17.7 Å². The fraction of sp³-hybridized carbons (Fsp3) is 0.792. The van der Waals surface area contributed by atoms with Gasteiger partial charge in [0.15, 0.2) is 0 Å². The number of fused-ring (bicyclic) bond motifs is 4. The molecule has 0 unspecified atom stereocenters. The number of amides is 5. The van der Waals surface area contributed by atoms with Crippen LogP contribution in [0.25, 0.3) is 0 Å². The maximum atomic E-state index is 12.9. The lowest BCUT2D eigenvalue weighted by Crippen LogP contribution is -2.62. The zero-order valence-electron chi connectivity index (χ0n) is 23.6. The van der Waals surface area contributed by atoms with Gasteiger partial charge in [0, 0.05) is 19.5 Å². The number of carbonyl (C=O) groups excluding carboxylic acids is 5. The van der Waals surface area contributed by atoms with E-state index in [0.717, 1.165) is 0 Å². The van der Waals surface area contributed by atoms with Crippen molar-refractivity contribution in [3.8, 4) is 0 Å². The Hall–Kier alpha value is -3.37. The third kappa shape index (κ3) is 9.08. The summed E-state index contributed by atoms with van der Waals surface area (Å²) in [5, 5.41) is 71.1. The Balaban J connectivity index is 1.80. The highest BCUT2D eigenvalue weighted by molar-refractivity contribution is 5.86. The van der Waals surface area contributed by atoms with Crippen LogP contribution in [0.4, 0.5) is 9.59 Å². The van der Waals surface area contributed by atoms with Gasteiger partial charge in [-0.1, -0.05) is 0 Å². The minimum atomic E-state index is -1.78. The SMILES string of the molecule is C[C@@H]1NC(=O)OC[C@H]2O[C@@H](CNC(=O)[C@@H](CCC(N)=O)NC(=O)OC[C@H]3O[C@@H](CNC1=O)[C@H](O)[C@@H](O)[C@@H]3O)[C@H](O)[C@@H](O)[C@H]2O. The number of primary amides is 1. The molecule has 5 amide bonds. The molecule has 250 valence electrons. The van der Waals surface area contributed by atoms with E-state index >= 15 is 0 Å². The van der Waals surface area contributed by atoms with Crippen LogP contribution in [0.5, 0.6) is 0 Å². The number of aliphatic hydroxyl groups excluding tert-OH is 6. The predicted octanol–water partition coefficient (Wildman–Crippen LogP) is -6.59. The first kappa shape index (κ1) is 35.1. The summed E-state index contributed by atoms with van der Waals surface area (Å²) in [6, 6.07) is -2.61. The number of nitrogens with two attached hydrogens (primary N) is 1. The Morgan fingerprint density at radius 2 is 1.14 bits per heavy atom. The van der Waals surface area contributed by atoms with Gasteiger partial charge in [-0.05, 0) is 13.3 Å². The van der Waals surface area contributed by atoms with E-state index in [1.54, 1.807) is 0 Å². The molecule has 12 N–H and O–H groups in total. The maximum Gasteiger partial charge on any atom is 0.407 e. The molecule has 44 heavy (non-hydrogen) atoms. The second kappa shape index (κ2) is 15.6. The van der Waals surface area contributed by atoms with Gasteiger partial charge in [0.25, 0.3) is 0 Å². The Morgan fingerprint density at radius 1 is 0.705 bits per heavy atom. The molecule has 4 bridgehead atoms. The summed E-state index contributed by atoms with van der Waals surface area (Å²) in [4.78, 5) is 61.6. The van der Waals surface area contributed by atoms with E-state index in [2.05, 4.69) is 21.3 Å². The van der Waals surface area contributed by atoms with E-state index in [0.29, 0.717) is 0 Å². The predicted molar refractivity (Wildman–Crippen MR) is 140 cm³/mol. The van der Waals surface area contributed by atoms with Gasteiger partial charge in [-0.2, -0.15) is 0 Å². The number of cyclic esters (lactones) is 2. The molecule has 0 aliphatic carbocycles. The smallest absolute Gasteiger partial charge is 0.407 e. The molecule has 3 fully saturated rings. The fourth-order valence-corrected chi connectivity index (χ4v) is 4.69. The molecule has 0 aromatic rings. The van der Waals surface area contributed by atoms with Gasteiger partial charge < -0.3 is 76.6 Å². The highest BCUT2D eigenvalue weighted by Gasteiger charge is 2.46. The summed E-state index contributed by atoms with van der Waals surface area (Å²) in [7, 11) is 0. The zero-order valence-corrected chi connectivity index (χ0v) is 23.6. The van der Waals surface area contributed by atoms with Crippen LogP contribution in [0.1, 0.15) is 19.8 Å². The molecular formula is C24H39N5O15. The standard InChI is InChI=1S/C24H39N5O15/c1-8-21(37)26-4-10-15(31)19(35)18(34)13(43-10)7-42-24(40)29-9(2-3-14(25)30)22(38)27-5-11-16(32)20(36)17(33)12(44-11)6-41-23(39)28-8/h8-13,15-20,31-36H,2-7H2,1H3,(H2,25,30)(H,26,37)(H,27,38)(H,28,39)(H,29,40)/t8-,9+,10-,11-,12+,13+,15-,16-,17-,18+,19+,20+/m0/s1. The Labute approximate surface area is 250 Å². The molecule has 3 saturated heterocycles. The van der Waals surface area contributed by atoms with Gasteiger partial charge in [0.05, 0.1) is 0 Å². The monoisotopic (exact) mass is 637 g/mol. The van der Waals surface area contributed by atoms with Crippen molar-refractivity contribution in [1.29, 1.82) is 0 Å². The number of rotatable bonds is 3. The summed E-state index contributed by atoms with van der Waals surface area (Å²) < 4.78 is 21.1. The molecule has 3 aliphatic rings. The molecule has 0 aromatic heterocycles. The Kier molecular flexibility index (Phi) is 12.4. The van der Waals surface area contributed by atoms with E-state index in [9.17, 15) is 54.6 Å². The van der Waals surface area contributed by atoms with Gasteiger partial charge in [-0.3, -0.25) is 14.4 Å². The summed E-state index contributed by atoms with van der Waals surface area (Å²) in [5.41, 5.74) is 5.16. The van der Waals surface area contributed by atoms with Gasteiger partial charge >= 0.3 is 12.2 Å². The molecule has 0 spiro atoms. The number of nitrogens with one attached hydrogen (secondary N) is 4. The molecule has 0 aromatic carbocycles. The molecule has 0 saturated carbocycles. The topological polar surface area (TPSA) is 318 Å². The summed E-state index contributed by atoms with van der Waals surface area (Å²) in [5.74, 6) is -2.44. The van der Waals surface area contributed by atoms with Crippen molar-refractivity contribution in [2.45, 2.75) is 92.9 Å². The lowest BCUT2D eigenvalue weighted by Gasteiger charge is -2.40. The molecule has 3 aliphatic heterocycles. The average Bonchev–Trinajstić information content (AvgIpc) is 2.98. The second-order valence-electron chi connectivity index (χ2n) is 10.6. The van der Waals surface area contributed by atoms with Gasteiger partial charge in [-0.15, -0.1) is 0 Å². The molecule has 20 nitrogen and oxygen atoms in total. The van der Waals surface area contributed by atoms with E-state index in [4.69, 9.17) is 24.7 Å². The number of hydrogen-bond donors (Lipinski definition) is 11. The van der Waals surface area contributed by atoms with Crippen molar-refractivity contribution in [2.24, 2.45) is 5.73 Å². The van der Waals surface area contributed by atoms with Crippen LogP contribution in [-0.4, -0.2) is 160 Å². The maximum absolute atomic E-state index is 12.9. The first-order chi connectivity index (χ1) is 20.7. The highest BCUT2D eigenvalue weighted by Crippen LogP contribution is 2.23. The van der Waals surface area contributed by atoms with Crippen LogP contribution in [0.3, 0.4) is 0 Å². The zero-order chi connectivity index (χ0) is 32.7. The van der Waals surface area contributed by atoms with Crippen LogP contribution >= 0.6 is 0 Å². The van der Waals surface area contributed by atoms with Crippen molar-refractivity contribution < 1.29 is 73.6 Å². The Bertz CT molecular complexity index is 1050. The van der Waals surface area contributed by atoms with Crippen LogP contribution in [0, 0.1) is 0 Å². The third-order valence-electron chi connectivity index (χ3n) is 7.35. The molecule has 0 radical (unpaired) electrons. The van der Waals surface area contributed by atoms with E-state index in [1.165, 1.54) is 6.92 Å². The largest absolute Gasteiger partial charge is 0.447 e. The van der Waals surface area contributed by atoms with E-state index < -0.39 is 129 Å². The quantitative estimate of drug-likeness (QED) is 0.137. The van der Waals surface area contributed by atoms with Crippen molar-refractivity contribution in [3.05, 3.63) is 0 Å². The van der Waals surface area contributed by atoms with Gasteiger partial charge in [0.1, 0.15) is 86.3 Å². The average molecular weight is 638 g/mol. The molecule has 20 heteroatoms. The van der Waals surface area contributed by atoms with Crippen molar-refractivity contribution >= 4 is 29.9 Å². The van der Waals surface area contributed by atoms with Gasteiger partial charge in [-0.25, -0.2) is 9.59 Å². The molecule has 3 heterocycles. The molecule has 3 rings (SSSR count). The lowest BCUT2D eigenvalue weighted by atomic mass is 9.95. The first-order valence-corrected chi connectivity index (χ1v) is 13.8. The molecular weight excluding hydrogens is 598 g/mol. The minimum Gasteiger partial charge on any atom is -0.447 e. The van der Waals surface area contributed by atoms with Crippen LogP contribution in [0.2, 0.25) is 0 Å². The lowest BCUT2D eigenvalue weighted by molar-refractivity contribution is -0.227.